The molecule has 0 unspecified atom stereocenters. The van der Waals surface area contributed by atoms with Crippen molar-refractivity contribution in [3.8, 4) is 5.75 Å². The van der Waals surface area contributed by atoms with Crippen LogP contribution in [0.25, 0.3) is 0 Å². The minimum absolute atomic E-state index is 0. The number of para-hydroxylation sites is 1. The molecule has 1 aromatic rings. The van der Waals surface area contributed by atoms with E-state index < -0.39 is 11.9 Å². The number of carbonyl (C=O) groups is 2. The second kappa shape index (κ2) is 7.42. The van der Waals surface area contributed by atoms with Crippen LogP contribution in [0.5, 0.6) is 5.75 Å². The SMILES string of the molecule is CC(=O)Oc1ccccc1C(=O)[O-].O.[Na+]. The Kier molecular flexibility index (Phi) is 8.18. The molecule has 5 nitrogen and oxygen atoms in total. The van der Waals surface area contributed by atoms with E-state index in [4.69, 9.17) is 0 Å². The molecule has 1 rings (SSSR count). The average Bonchev–Trinajstić information content (AvgIpc) is 2.03. The molecular formula is C9H9NaO5. The van der Waals surface area contributed by atoms with Gasteiger partial charge in [-0.25, -0.2) is 0 Å². The molecule has 0 aliphatic carbocycles. The van der Waals surface area contributed by atoms with Crippen LogP contribution in [0.15, 0.2) is 24.3 Å². The normalized spacial score (nSPS) is 8.07. The first-order valence-corrected chi connectivity index (χ1v) is 3.60. The zero-order valence-electron chi connectivity index (χ0n) is 8.44. The van der Waals surface area contributed by atoms with Gasteiger partial charge < -0.3 is 20.1 Å². The Bertz CT molecular complexity index is 350. The molecule has 6 heteroatoms. The number of ether oxygens (including phenoxy) is 1. The largest absolute Gasteiger partial charge is 1.00 e. The third-order valence-electron chi connectivity index (χ3n) is 1.36. The van der Waals surface area contributed by atoms with Crippen molar-refractivity contribution >= 4 is 11.9 Å². The second-order valence-electron chi connectivity index (χ2n) is 2.38. The van der Waals surface area contributed by atoms with E-state index in [-0.39, 0.29) is 46.3 Å². The van der Waals surface area contributed by atoms with Crippen molar-refractivity contribution in [1.82, 2.24) is 0 Å². The smallest absolute Gasteiger partial charge is 0.545 e. The van der Waals surface area contributed by atoms with Gasteiger partial charge in [-0.15, -0.1) is 0 Å². The summed E-state index contributed by atoms with van der Waals surface area (Å²) in [7, 11) is 0. The van der Waals surface area contributed by atoms with Gasteiger partial charge in [0.05, 0.1) is 5.97 Å². The maximum Gasteiger partial charge on any atom is 1.00 e. The van der Waals surface area contributed by atoms with Gasteiger partial charge >= 0.3 is 35.5 Å². The fraction of sp³-hybridized carbons (Fsp3) is 0.111. The Balaban J connectivity index is 0. The molecule has 76 valence electrons. The quantitative estimate of drug-likeness (QED) is 0.289. The molecular weight excluding hydrogens is 211 g/mol. The van der Waals surface area contributed by atoms with Crippen LogP contribution in [-0.4, -0.2) is 17.4 Å². The molecule has 0 bridgehead atoms. The Hall–Kier alpha value is -0.880. The average molecular weight is 220 g/mol. The predicted molar refractivity (Wildman–Crippen MR) is 45.7 cm³/mol. The van der Waals surface area contributed by atoms with Gasteiger partial charge in [0.2, 0.25) is 0 Å². The van der Waals surface area contributed by atoms with Crippen molar-refractivity contribution in [2.24, 2.45) is 0 Å². The van der Waals surface area contributed by atoms with Crippen molar-refractivity contribution < 1.29 is 54.5 Å². The Morgan fingerprint density at radius 2 is 1.80 bits per heavy atom. The summed E-state index contributed by atoms with van der Waals surface area (Å²) in [5.74, 6) is -1.92. The number of carbonyl (C=O) groups excluding carboxylic acids is 2. The number of carboxylic acid groups (broad SMARTS) is 1. The molecule has 0 aromatic heterocycles. The molecule has 2 N–H and O–H groups in total. The summed E-state index contributed by atoms with van der Waals surface area (Å²) in [6.45, 7) is 1.20. The fourth-order valence-electron chi connectivity index (χ4n) is 0.879. The molecule has 0 saturated heterocycles. The number of carboxylic acids is 1. The minimum Gasteiger partial charge on any atom is -0.545 e. The molecule has 0 radical (unpaired) electrons. The van der Waals surface area contributed by atoms with Crippen LogP contribution in [0, 0.1) is 0 Å². The molecule has 0 fully saturated rings. The molecule has 1 aromatic carbocycles. The number of rotatable bonds is 2. The van der Waals surface area contributed by atoms with Gasteiger partial charge in [0, 0.05) is 12.5 Å². The number of hydrogen-bond acceptors (Lipinski definition) is 4. The van der Waals surface area contributed by atoms with Crippen LogP contribution in [0.2, 0.25) is 0 Å². The third kappa shape index (κ3) is 4.94. The summed E-state index contributed by atoms with van der Waals surface area (Å²) in [6.07, 6.45) is 0. The van der Waals surface area contributed by atoms with E-state index in [9.17, 15) is 14.7 Å². The van der Waals surface area contributed by atoms with Gasteiger partial charge in [0.15, 0.2) is 0 Å². The first kappa shape index (κ1) is 16.5. The molecule has 0 heterocycles. The number of benzene rings is 1. The predicted octanol–water partition coefficient (Wildman–Crippen LogP) is -3.85. The van der Waals surface area contributed by atoms with Gasteiger partial charge in [0.1, 0.15) is 5.75 Å². The zero-order valence-corrected chi connectivity index (χ0v) is 10.4. The Labute approximate surface area is 109 Å². The molecule has 0 aliphatic heterocycles. The van der Waals surface area contributed by atoms with E-state index in [1.54, 1.807) is 6.07 Å². The summed E-state index contributed by atoms with van der Waals surface area (Å²) >= 11 is 0. The molecule has 15 heavy (non-hydrogen) atoms. The van der Waals surface area contributed by atoms with Gasteiger partial charge in [-0.2, -0.15) is 0 Å². The van der Waals surface area contributed by atoms with Crippen LogP contribution in [0.3, 0.4) is 0 Å². The molecule has 0 aliphatic rings. The first-order valence-electron chi connectivity index (χ1n) is 3.60. The van der Waals surface area contributed by atoms with Gasteiger partial charge in [-0.3, -0.25) is 4.79 Å². The number of esters is 1. The third-order valence-corrected chi connectivity index (χ3v) is 1.36. The number of aromatic carboxylic acids is 1. The van der Waals surface area contributed by atoms with Crippen LogP contribution in [-0.2, 0) is 4.79 Å². The van der Waals surface area contributed by atoms with Crippen LogP contribution < -0.4 is 39.4 Å². The van der Waals surface area contributed by atoms with Gasteiger partial charge in [0.25, 0.3) is 0 Å². The summed E-state index contributed by atoms with van der Waals surface area (Å²) in [5, 5.41) is 10.5. The van der Waals surface area contributed by atoms with Crippen LogP contribution >= 0.6 is 0 Å². The van der Waals surface area contributed by atoms with Crippen molar-refractivity contribution in [2.75, 3.05) is 0 Å². The summed E-state index contributed by atoms with van der Waals surface area (Å²) in [6, 6.07) is 5.81. The second-order valence-corrected chi connectivity index (χ2v) is 2.38. The van der Waals surface area contributed by atoms with Crippen molar-refractivity contribution in [3.63, 3.8) is 0 Å². The number of hydrogen-bond donors (Lipinski definition) is 0. The van der Waals surface area contributed by atoms with E-state index in [1.165, 1.54) is 25.1 Å². The van der Waals surface area contributed by atoms with E-state index in [0.29, 0.717) is 0 Å². The summed E-state index contributed by atoms with van der Waals surface area (Å²) in [5.41, 5.74) is -0.127. The van der Waals surface area contributed by atoms with Gasteiger partial charge in [-0.05, 0) is 12.1 Å². The monoisotopic (exact) mass is 220 g/mol. The Morgan fingerprint density at radius 1 is 1.27 bits per heavy atom. The topological polar surface area (TPSA) is 97.9 Å². The van der Waals surface area contributed by atoms with Crippen LogP contribution in [0.4, 0.5) is 0 Å². The zero-order chi connectivity index (χ0) is 9.84. The van der Waals surface area contributed by atoms with Crippen molar-refractivity contribution in [1.29, 1.82) is 0 Å². The summed E-state index contributed by atoms with van der Waals surface area (Å²) in [4.78, 5) is 21.1. The van der Waals surface area contributed by atoms with Crippen molar-refractivity contribution in [2.45, 2.75) is 6.92 Å². The molecule has 0 atom stereocenters. The van der Waals surface area contributed by atoms with Gasteiger partial charge in [-0.1, -0.05) is 12.1 Å². The van der Waals surface area contributed by atoms with E-state index >= 15 is 0 Å². The first-order chi connectivity index (χ1) is 6.11. The summed E-state index contributed by atoms with van der Waals surface area (Å²) < 4.78 is 4.65. The maximum atomic E-state index is 10.6. The van der Waals surface area contributed by atoms with E-state index in [0.717, 1.165) is 0 Å². The fourth-order valence-corrected chi connectivity index (χ4v) is 0.879. The molecule has 0 saturated carbocycles. The standard InChI is InChI=1S/C9H8O4.Na.H2O/c1-6(10)13-8-5-3-2-4-7(8)9(11)12;;/h2-5H,1H3,(H,11,12);;1H2/q;+1;/p-1. The maximum absolute atomic E-state index is 10.6. The minimum atomic E-state index is -1.36. The van der Waals surface area contributed by atoms with E-state index in [1.807, 2.05) is 0 Å². The van der Waals surface area contributed by atoms with Crippen LogP contribution in [0.1, 0.15) is 17.3 Å². The van der Waals surface area contributed by atoms with E-state index in [2.05, 4.69) is 4.74 Å². The molecule has 0 amide bonds. The van der Waals surface area contributed by atoms with Crippen molar-refractivity contribution in [3.05, 3.63) is 29.8 Å². The Morgan fingerprint density at radius 3 is 2.27 bits per heavy atom. The molecule has 0 spiro atoms.